The number of ether oxygens (including phenoxy) is 1. The third kappa shape index (κ3) is 1.82. The summed E-state index contributed by atoms with van der Waals surface area (Å²) in [6, 6.07) is 1.96. The van der Waals surface area contributed by atoms with Crippen molar-refractivity contribution in [3.8, 4) is 5.75 Å². The molecule has 2 aliphatic heterocycles. The molecule has 3 rings (SSSR count). The summed E-state index contributed by atoms with van der Waals surface area (Å²) in [5.74, 6) is 0.928. The molecular weight excluding hydrogens is 242 g/mol. The van der Waals surface area contributed by atoms with Gasteiger partial charge in [0, 0.05) is 29.5 Å². The fourth-order valence-electron chi connectivity index (χ4n) is 3.27. The molecule has 0 fully saturated rings. The molecule has 1 atom stereocenters. The summed E-state index contributed by atoms with van der Waals surface area (Å²) in [6.45, 7) is 6.19. The van der Waals surface area contributed by atoms with E-state index in [0.717, 1.165) is 22.6 Å². The second kappa shape index (κ2) is 3.97. The van der Waals surface area contributed by atoms with E-state index in [1.165, 1.54) is 5.56 Å². The number of rotatable bonds is 1. The van der Waals surface area contributed by atoms with E-state index < -0.39 is 0 Å². The molecule has 1 unspecified atom stereocenters. The number of hydrogen-bond acceptors (Lipinski definition) is 3. The van der Waals surface area contributed by atoms with E-state index in [1.54, 1.807) is 0 Å². The number of aryl methyl sites for hydroxylation is 1. The lowest BCUT2D eigenvalue weighted by Gasteiger charge is -2.34. The minimum absolute atomic E-state index is 0.0231. The van der Waals surface area contributed by atoms with Crippen LogP contribution < -0.4 is 10.1 Å². The summed E-state index contributed by atoms with van der Waals surface area (Å²) in [4.78, 5) is 11.8. The minimum Gasteiger partial charge on any atom is -0.487 e. The van der Waals surface area contributed by atoms with Crippen molar-refractivity contribution in [3.63, 3.8) is 0 Å². The molecule has 4 nitrogen and oxygen atoms in total. The van der Waals surface area contributed by atoms with Crippen molar-refractivity contribution >= 4 is 11.6 Å². The van der Waals surface area contributed by atoms with E-state index in [2.05, 4.69) is 19.2 Å². The predicted octanol–water partition coefficient (Wildman–Crippen LogP) is 1.91. The fraction of sp³-hybridized carbons (Fsp3) is 0.533. The lowest BCUT2D eigenvalue weighted by atomic mass is 9.74. The topological polar surface area (TPSA) is 58.6 Å². The number of anilines is 1. The van der Waals surface area contributed by atoms with E-state index in [1.807, 2.05) is 13.0 Å². The maximum absolute atomic E-state index is 11.8. The first-order chi connectivity index (χ1) is 8.92. The van der Waals surface area contributed by atoms with Crippen molar-refractivity contribution in [2.75, 3.05) is 11.9 Å². The molecule has 0 bridgehead atoms. The molecule has 0 saturated carbocycles. The molecule has 19 heavy (non-hydrogen) atoms. The molecule has 0 aromatic heterocycles. The first-order valence-electron chi connectivity index (χ1n) is 6.66. The number of carbonyl (C=O) groups is 1. The highest BCUT2D eigenvalue weighted by Crippen LogP contribution is 2.47. The van der Waals surface area contributed by atoms with Gasteiger partial charge in [-0.15, -0.1) is 0 Å². The van der Waals surface area contributed by atoms with Crippen molar-refractivity contribution in [2.24, 2.45) is 0 Å². The fourth-order valence-corrected chi connectivity index (χ4v) is 3.27. The molecule has 0 radical (unpaired) electrons. The Kier molecular flexibility index (Phi) is 2.61. The molecule has 102 valence electrons. The van der Waals surface area contributed by atoms with Crippen LogP contribution in [0.15, 0.2) is 6.07 Å². The molecule has 4 heteroatoms. The Hall–Kier alpha value is -1.55. The van der Waals surface area contributed by atoms with Crippen LogP contribution in [0.2, 0.25) is 0 Å². The van der Waals surface area contributed by atoms with Crippen molar-refractivity contribution in [1.29, 1.82) is 0 Å². The van der Waals surface area contributed by atoms with Gasteiger partial charge in [-0.2, -0.15) is 0 Å². The van der Waals surface area contributed by atoms with Gasteiger partial charge in [0.15, 0.2) is 0 Å². The van der Waals surface area contributed by atoms with Gasteiger partial charge in [0.25, 0.3) is 0 Å². The summed E-state index contributed by atoms with van der Waals surface area (Å²) in [5, 5.41) is 12.3. The molecule has 2 aliphatic rings. The number of nitrogens with one attached hydrogen (secondary N) is 1. The normalized spacial score (nSPS) is 23.4. The Labute approximate surface area is 112 Å². The quantitative estimate of drug-likeness (QED) is 0.812. The van der Waals surface area contributed by atoms with Gasteiger partial charge >= 0.3 is 0 Å². The molecule has 0 spiro atoms. The maximum atomic E-state index is 11.8. The van der Waals surface area contributed by atoms with Crippen LogP contribution in [0.1, 0.15) is 37.0 Å². The van der Waals surface area contributed by atoms with Gasteiger partial charge in [-0.25, -0.2) is 0 Å². The van der Waals surface area contributed by atoms with E-state index in [9.17, 15) is 9.90 Å². The van der Waals surface area contributed by atoms with Crippen LogP contribution >= 0.6 is 0 Å². The SMILES string of the molecule is Cc1cc2c(c3c1NC(=O)CC3(C)C)CC(CO)O2. The average molecular weight is 261 g/mol. The van der Waals surface area contributed by atoms with Crippen molar-refractivity contribution in [3.05, 3.63) is 22.8 Å². The molecule has 0 saturated heterocycles. The van der Waals surface area contributed by atoms with Gasteiger partial charge in [-0.1, -0.05) is 13.8 Å². The number of aliphatic hydroxyl groups is 1. The van der Waals surface area contributed by atoms with Crippen LogP contribution in [0.25, 0.3) is 0 Å². The molecule has 2 heterocycles. The van der Waals surface area contributed by atoms with Crippen LogP contribution in [-0.2, 0) is 16.6 Å². The van der Waals surface area contributed by atoms with E-state index in [-0.39, 0.29) is 24.0 Å². The van der Waals surface area contributed by atoms with E-state index in [0.29, 0.717) is 12.8 Å². The Morgan fingerprint density at radius 3 is 2.95 bits per heavy atom. The second-order valence-corrected chi connectivity index (χ2v) is 6.16. The summed E-state index contributed by atoms with van der Waals surface area (Å²) >= 11 is 0. The van der Waals surface area contributed by atoms with Gasteiger partial charge in [0.1, 0.15) is 11.9 Å². The van der Waals surface area contributed by atoms with Crippen LogP contribution in [0.5, 0.6) is 5.75 Å². The Balaban J connectivity index is 2.21. The van der Waals surface area contributed by atoms with Crippen LogP contribution in [0, 0.1) is 6.92 Å². The number of aliphatic hydroxyl groups excluding tert-OH is 1. The van der Waals surface area contributed by atoms with Gasteiger partial charge in [0.2, 0.25) is 5.91 Å². The summed E-state index contributed by atoms with van der Waals surface area (Å²) in [6.07, 6.45) is 1.04. The van der Waals surface area contributed by atoms with E-state index in [4.69, 9.17) is 4.74 Å². The Morgan fingerprint density at radius 2 is 2.26 bits per heavy atom. The lowest BCUT2D eigenvalue weighted by Crippen LogP contribution is -2.34. The highest BCUT2D eigenvalue weighted by molar-refractivity contribution is 5.97. The van der Waals surface area contributed by atoms with Crippen LogP contribution in [0.3, 0.4) is 0 Å². The zero-order valence-corrected chi connectivity index (χ0v) is 11.5. The number of fused-ring (bicyclic) bond motifs is 3. The zero-order chi connectivity index (χ0) is 13.8. The van der Waals surface area contributed by atoms with Gasteiger partial charge in [-0.05, 0) is 24.1 Å². The first-order valence-corrected chi connectivity index (χ1v) is 6.66. The predicted molar refractivity (Wildman–Crippen MR) is 72.7 cm³/mol. The number of hydrogen-bond donors (Lipinski definition) is 2. The summed E-state index contributed by atoms with van der Waals surface area (Å²) in [7, 11) is 0. The largest absolute Gasteiger partial charge is 0.487 e. The third-order valence-electron chi connectivity index (χ3n) is 4.06. The van der Waals surface area contributed by atoms with Gasteiger partial charge < -0.3 is 15.2 Å². The molecule has 1 amide bonds. The molecule has 0 aliphatic carbocycles. The standard InChI is InChI=1S/C15H19NO3/c1-8-4-11-10(5-9(7-17)19-11)13-14(8)16-12(18)6-15(13,2)3/h4,9,17H,5-7H2,1-3H3,(H,16,18). The smallest absolute Gasteiger partial charge is 0.225 e. The van der Waals surface area contributed by atoms with E-state index >= 15 is 0 Å². The van der Waals surface area contributed by atoms with Crippen molar-refractivity contribution in [1.82, 2.24) is 0 Å². The Morgan fingerprint density at radius 1 is 1.53 bits per heavy atom. The average Bonchev–Trinajstić information content (AvgIpc) is 2.70. The molecule has 2 N–H and O–H groups in total. The van der Waals surface area contributed by atoms with Gasteiger partial charge in [-0.3, -0.25) is 4.79 Å². The van der Waals surface area contributed by atoms with Crippen LogP contribution in [0.4, 0.5) is 5.69 Å². The number of carbonyl (C=O) groups excluding carboxylic acids is 1. The zero-order valence-electron chi connectivity index (χ0n) is 11.5. The monoisotopic (exact) mass is 261 g/mol. The van der Waals surface area contributed by atoms with Crippen LogP contribution in [-0.4, -0.2) is 23.7 Å². The number of benzene rings is 1. The molecule has 1 aromatic carbocycles. The lowest BCUT2D eigenvalue weighted by molar-refractivity contribution is -0.117. The highest BCUT2D eigenvalue weighted by Gasteiger charge is 2.39. The maximum Gasteiger partial charge on any atom is 0.225 e. The molecule has 1 aromatic rings. The summed E-state index contributed by atoms with van der Waals surface area (Å²) < 4.78 is 5.76. The van der Waals surface area contributed by atoms with Gasteiger partial charge in [0.05, 0.1) is 6.61 Å². The Bertz CT molecular complexity index is 563. The van der Waals surface area contributed by atoms with Crippen molar-refractivity contribution in [2.45, 2.75) is 45.1 Å². The summed E-state index contributed by atoms with van der Waals surface area (Å²) in [5.41, 5.74) is 4.08. The van der Waals surface area contributed by atoms with Crippen molar-refractivity contribution < 1.29 is 14.6 Å². The first kappa shape index (κ1) is 12.5. The third-order valence-corrected chi connectivity index (χ3v) is 4.06. The minimum atomic E-state index is -0.193. The molecular formula is C15H19NO3. The number of amides is 1. The second-order valence-electron chi connectivity index (χ2n) is 6.16. The highest BCUT2D eigenvalue weighted by atomic mass is 16.5.